The highest BCUT2D eigenvalue weighted by molar-refractivity contribution is 5.85. The summed E-state index contributed by atoms with van der Waals surface area (Å²) in [6.45, 7) is 4.11. The first-order valence-corrected chi connectivity index (χ1v) is 11.9. The van der Waals surface area contributed by atoms with Gasteiger partial charge in [0.15, 0.2) is 0 Å². The van der Waals surface area contributed by atoms with Gasteiger partial charge in [0.05, 0.1) is 17.7 Å². The molecule has 2 aromatic carbocycles. The van der Waals surface area contributed by atoms with Crippen molar-refractivity contribution in [2.24, 2.45) is 0 Å². The fourth-order valence-electron chi connectivity index (χ4n) is 4.39. The molecule has 0 aromatic heterocycles. The van der Waals surface area contributed by atoms with Crippen LogP contribution in [0.4, 0.5) is 26.3 Å². The van der Waals surface area contributed by atoms with E-state index < -0.39 is 29.5 Å². The molecule has 5 nitrogen and oxygen atoms in total. The van der Waals surface area contributed by atoms with E-state index in [1.165, 1.54) is 11.9 Å². The predicted octanol–water partition coefficient (Wildman–Crippen LogP) is 5.57. The van der Waals surface area contributed by atoms with Crippen LogP contribution < -0.4 is 0 Å². The Morgan fingerprint density at radius 2 is 1.46 bits per heavy atom. The van der Waals surface area contributed by atoms with E-state index >= 15 is 0 Å². The Bertz CT molecular complexity index is 1000. The topological polar surface area (TPSA) is 36.0 Å². The van der Waals surface area contributed by atoms with Crippen molar-refractivity contribution in [3.05, 3.63) is 70.8 Å². The Kier molecular flexibility index (Phi) is 13.5. The zero-order valence-corrected chi connectivity index (χ0v) is 23.2. The summed E-state index contributed by atoms with van der Waals surface area (Å²) in [5.41, 5.74) is -2.08. The van der Waals surface area contributed by atoms with Gasteiger partial charge in [0, 0.05) is 53.4 Å². The Morgan fingerprint density at radius 3 is 1.95 bits per heavy atom. The molecule has 39 heavy (non-hydrogen) atoms. The van der Waals surface area contributed by atoms with E-state index in [-0.39, 0.29) is 55.3 Å². The number of halogens is 8. The zero-order chi connectivity index (χ0) is 27.2. The number of alkyl halides is 6. The first-order chi connectivity index (χ1) is 17.4. The van der Waals surface area contributed by atoms with Crippen molar-refractivity contribution in [2.45, 2.75) is 24.8 Å². The molecule has 1 heterocycles. The third-order valence-corrected chi connectivity index (χ3v) is 6.49. The van der Waals surface area contributed by atoms with E-state index in [2.05, 4.69) is 9.80 Å². The molecule has 3 rings (SSSR count). The Balaban J connectivity index is 0.00000380. The molecule has 13 heteroatoms. The highest BCUT2D eigenvalue weighted by Crippen LogP contribution is 2.36. The van der Waals surface area contributed by atoms with Crippen LogP contribution in [-0.2, 0) is 28.3 Å². The maximum Gasteiger partial charge on any atom is 0.416 e. The van der Waals surface area contributed by atoms with Gasteiger partial charge in [-0.15, -0.1) is 24.8 Å². The number of carbonyl (C=O) groups excluding carboxylic acids is 1. The third kappa shape index (κ3) is 9.82. The van der Waals surface area contributed by atoms with Crippen LogP contribution in [-0.4, -0.2) is 80.6 Å². The predicted molar refractivity (Wildman–Crippen MR) is 141 cm³/mol. The smallest absolute Gasteiger partial charge is 0.383 e. The zero-order valence-electron chi connectivity index (χ0n) is 21.6. The molecule has 0 saturated carbocycles. The van der Waals surface area contributed by atoms with E-state index in [4.69, 9.17) is 4.74 Å². The van der Waals surface area contributed by atoms with Gasteiger partial charge in [-0.05, 0) is 35.7 Å². The van der Waals surface area contributed by atoms with Gasteiger partial charge in [0.2, 0.25) is 5.91 Å². The van der Waals surface area contributed by atoms with Gasteiger partial charge >= 0.3 is 12.4 Å². The van der Waals surface area contributed by atoms with E-state index in [1.54, 1.807) is 7.11 Å². The lowest BCUT2D eigenvalue weighted by molar-refractivity contribution is -0.143. The monoisotopic (exact) mass is 603 g/mol. The summed E-state index contributed by atoms with van der Waals surface area (Å²) in [5.74, 6) is -0.264. The molecule has 1 unspecified atom stereocenters. The first kappa shape index (κ1) is 35.0. The largest absolute Gasteiger partial charge is 0.416 e. The van der Waals surface area contributed by atoms with Gasteiger partial charge in [-0.25, -0.2) is 0 Å². The summed E-state index contributed by atoms with van der Waals surface area (Å²) in [5, 5.41) is 0. The number of carbonyl (C=O) groups is 1. The minimum absolute atomic E-state index is 0. The molecule has 1 atom stereocenters. The lowest BCUT2D eigenvalue weighted by Gasteiger charge is -2.40. The number of hydrogen-bond donors (Lipinski definition) is 0. The Morgan fingerprint density at radius 1 is 0.923 bits per heavy atom. The molecule has 0 N–H and O–H groups in total. The van der Waals surface area contributed by atoms with Crippen LogP contribution in [0.2, 0.25) is 0 Å². The number of nitrogens with zero attached hydrogens (tertiary/aromatic N) is 3. The number of benzene rings is 2. The molecular weight excluding hydrogens is 571 g/mol. The maximum absolute atomic E-state index is 13.6. The summed E-state index contributed by atoms with van der Waals surface area (Å²) in [6.07, 6.45) is -9.98. The number of amides is 1. The lowest BCUT2D eigenvalue weighted by Crippen LogP contribution is -2.51. The average Bonchev–Trinajstić information content (AvgIpc) is 2.86. The average molecular weight is 604 g/mol. The van der Waals surface area contributed by atoms with E-state index in [0.717, 1.165) is 25.2 Å². The van der Waals surface area contributed by atoms with Crippen molar-refractivity contribution >= 4 is 30.7 Å². The molecule has 2 aromatic rings. The fourth-order valence-corrected chi connectivity index (χ4v) is 4.39. The van der Waals surface area contributed by atoms with Crippen molar-refractivity contribution in [1.82, 2.24) is 14.7 Å². The summed E-state index contributed by atoms with van der Waals surface area (Å²) in [4.78, 5) is 19.2. The van der Waals surface area contributed by atoms with Crippen molar-refractivity contribution in [1.29, 1.82) is 0 Å². The molecule has 0 aliphatic carbocycles. The Labute approximate surface area is 236 Å². The van der Waals surface area contributed by atoms with Gasteiger partial charge < -0.3 is 9.64 Å². The highest BCUT2D eigenvalue weighted by Gasteiger charge is 2.37. The summed E-state index contributed by atoms with van der Waals surface area (Å²) < 4.78 is 84.4. The minimum Gasteiger partial charge on any atom is -0.383 e. The van der Waals surface area contributed by atoms with Crippen LogP contribution in [0.3, 0.4) is 0 Å². The fraction of sp³-hybridized carbons (Fsp3) is 0.500. The van der Waals surface area contributed by atoms with Crippen LogP contribution in [0.15, 0.2) is 48.5 Å². The molecule has 1 amide bonds. The van der Waals surface area contributed by atoms with Gasteiger partial charge in [-0.2, -0.15) is 26.3 Å². The van der Waals surface area contributed by atoms with E-state index in [9.17, 15) is 31.1 Å². The molecule has 1 fully saturated rings. The van der Waals surface area contributed by atoms with Gasteiger partial charge in [-0.3, -0.25) is 14.6 Å². The number of piperazine rings is 1. The molecule has 1 aliphatic heterocycles. The SMILES string of the molecule is COCCN1CCN(C(C(=O)N(C)CCc2cc(C(F)(F)F)cc(C(F)(F)F)c2)c2ccccc2)CC1.Cl.Cl. The highest BCUT2D eigenvalue weighted by atomic mass is 35.5. The lowest BCUT2D eigenvalue weighted by atomic mass is 10.0. The normalized spacial score (nSPS) is 15.7. The van der Waals surface area contributed by atoms with E-state index in [0.29, 0.717) is 31.8 Å². The molecular formula is C26H33Cl2F6N3O2. The second-order valence-electron chi connectivity index (χ2n) is 9.11. The van der Waals surface area contributed by atoms with Gasteiger partial charge in [0.1, 0.15) is 6.04 Å². The minimum atomic E-state index is -4.92. The van der Waals surface area contributed by atoms with E-state index in [1.807, 2.05) is 30.3 Å². The second kappa shape index (κ2) is 15.1. The van der Waals surface area contributed by atoms with Crippen LogP contribution in [0.5, 0.6) is 0 Å². The van der Waals surface area contributed by atoms with Crippen LogP contribution in [0, 0.1) is 0 Å². The summed E-state index contributed by atoms with van der Waals surface area (Å²) in [6, 6.07) is 10.1. The molecule has 220 valence electrons. The number of rotatable bonds is 9. The van der Waals surface area contributed by atoms with Crippen LogP contribution >= 0.6 is 24.8 Å². The van der Waals surface area contributed by atoms with Crippen molar-refractivity contribution < 1.29 is 35.9 Å². The summed E-state index contributed by atoms with van der Waals surface area (Å²) in [7, 11) is 3.16. The number of likely N-dealkylation sites (N-methyl/N-ethyl adjacent to an activating group) is 1. The standard InChI is InChI=1S/C26H31F6N3O2.2ClH/c1-33(9-8-19-16-21(25(27,28)29)18-22(17-19)26(30,31)32)24(36)23(20-6-4-3-5-7-20)35-12-10-34(11-13-35)14-15-37-2;;/h3-7,16-18,23H,8-15H2,1-2H3;2*1H. The molecule has 0 radical (unpaired) electrons. The Hall–Kier alpha value is -2.05. The molecule has 1 saturated heterocycles. The molecule has 1 aliphatic rings. The van der Waals surface area contributed by atoms with Crippen molar-refractivity contribution in [2.75, 3.05) is 60.0 Å². The number of hydrogen-bond acceptors (Lipinski definition) is 4. The maximum atomic E-state index is 13.6. The number of ether oxygens (including phenoxy) is 1. The van der Waals surface area contributed by atoms with Crippen molar-refractivity contribution in [3.63, 3.8) is 0 Å². The quantitative estimate of drug-likeness (QED) is 0.351. The molecule has 0 bridgehead atoms. The van der Waals surface area contributed by atoms with Gasteiger partial charge in [0.25, 0.3) is 0 Å². The summed E-state index contributed by atoms with van der Waals surface area (Å²) >= 11 is 0. The third-order valence-electron chi connectivity index (χ3n) is 6.49. The number of methoxy groups -OCH3 is 1. The van der Waals surface area contributed by atoms with Crippen LogP contribution in [0.1, 0.15) is 28.3 Å². The van der Waals surface area contributed by atoms with Crippen LogP contribution in [0.25, 0.3) is 0 Å². The first-order valence-electron chi connectivity index (χ1n) is 11.9. The second-order valence-corrected chi connectivity index (χ2v) is 9.11. The molecule has 0 spiro atoms. The van der Waals surface area contributed by atoms with Crippen molar-refractivity contribution in [3.8, 4) is 0 Å². The van der Waals surface area contributed by atoms with Gasteiger partial charge in [-0.1, -0.05) is 30.3 Å².